The lowest BCUT2D eigenvalue weighted by molar-refractivity contribution is 0.0270. The number of rotatable bonds is 5. The summed E-state index contributed by atoms with van der Waals surface area (Å²) in [7, 11) is 0. The molecule has 3 heterocycles. The van der Waals surface area contributed by atoms with Gasteiger partial charge in [0.25, 0.3) is 0 Å². The Morgan fingerprint density at radius 1 is 0.909 bits per heavy atom. The monoisotopic (exact) mass is 533 g/mol. The molecule has 3 aliphatic rings. The Kier molecular flexibility index (Phi) is 7.08. The molecule has 128 valence electrons. The fraction of sp³-hybridized carbons (Fsp3) is 1.00. The van der Waals surface area contributed by atoms with Crippen LogP contribution < -0.4 is 0 Å². The van der Waals surface area contributed by atoms with Crippen molar-refractivity contribution in [1.82, 2.24) is 14.7 Å². The van der Waals surface area contributed by atoms with E-state index in [0.717, 1.165) is 42.2 Å². The molecule has 0 amide bonds. The molecule has 4 nitrogen and oxygen atoms in total. The largest absolute Gasteiger partial charge is 0.379 e. The molecule has 22 heavy (non-hydrogen) atoms. The van der Waals surface area contributed by atoms with Crippen LogP contribution in [0.25, 0.3) is 0 Å². The van der Waals surface area contributed by atoms with Crippen LogP contribution in [0.3, 0.4) is 0 Å². The first kappa shape index (κ1) is 18.1. The van der Waals surface area contributed by atoms with E-state index in [1.54, 1.807) is 0 Å². The van der Waals surface area contributed by atoms with Crippen LogP contribution in [0.2, 0.25) is 0 Å². The van der Waals surface area contributed by atoms with Gasteiger partial charge in [-0.2, -0.15) is 0 Å². The van der Waals surface area contributed by atoms with E-state index >= 15 is 0 Å². The molecular formula is C16H29I2N3O. The summed E-state index contributed by atoms with van der Waals surface area (Å²) >= 11 is 5.41. The highest BCUT2D eigenvalue weighted by atomic mass is 127. The topological polar surface area (TPSA) is 19.0 Å². The van der Waals surface area contributed by atoms with Crippen molar-refractivity contribution >= 4 is 45.2 Å². The minimum Gasteiger partial charge on any atom is -0.379 e. The molecule has 0 aromatic carbocycles. The number of hydrogen-bond acceptors (Lipinski definition) is 4. The van der Waals surface area contributed by atoms with E-state index in [0.29, 0.717) is 4.05 Å². The van der Waals surface area contributed by atoms with Crippen LogP contribution in [0.1, 0.15) is 19.8 Å². The molecule has 0 N–H and O–H groups in total. The maximum Gasteiger partial charge on any atom is 0.0661 e. The molecule has 3 aliphatic heterocycles. The first-order valence-corrected chi connectivity index (χ1v) is 11.2. The lowest BCUT2D eigenvalue weighted by Gasteiger charge is -2.35. The van der Waals surface area contributed by atoms with Gasteiger partial charge in [-0.05, 0) is 44.3 Å². The van der Waals surface area contributed by atoms with Gasteiger partial charge in [0.05, 0.1) is 21.3 Å². The molecule has 0 aromatic rings. The van der Waals surface area contributed by atoms with Crippen molar-refractivity contribution in [3.8, 4) is 0 Å². The third kappa shape index (κ3) is 4.28. The molecule has 3 rings (SSSR count). The third-order valence-corrected chi connectivity index (χ3v) is 9.14. The van der Waals surface area contributed by atoms with Crippen LogP contribution in [0.15, 0.2) is 0 Å². The number of hydrogen-bond donors (Lipinski definition) is 0. The van der Waals surface area contributed by atoms with Gasteiger partial charge in [0.1, 0.15) is 0 Å². The molecule has 0 radical (unpaired) electrons. The second kappa shape index (κ2) is 8.60. The van der Waals surface area contributed by atoms with E-state index in [9.17, 15) is 0 Å². The number of nitrogens with zero attached hydrogens (tertiary/aromatic N) is 3. The summed E-state index contributed by atoms with van der Waals surface area (Å²) in [4.78, 5) is 8.01. The maximum absolute atomic E-state index is 5.50. The zero-order chi connectivity index (χ0) is 15.5. The van der Waals surface area contributed by atoms with E-state index in [4.69, 9.17) is 4.74 Å². The smallest absolute Gasteiger partial charge is 0.0661 e. The standard InChI is InChI=1S/C16H29I2N3O/c1-2-19-5-3-13(11-19)16(18)21-6-4-14(12-21)15(17)20-7-9-22-10-8-20/h13-16H,2-12H2,1H3/t13?,14?,15-,16-/m1/s1. The van der Waals surface area contributed by atoms with Crippen LogP contribution in [0, 0.1) is 11.8 Å². The SMILES string of the molecule is CCN1CCC([C@H](I)N2CCC([C@H](I)N3CCOCC3)C2)C1. The molecule has 2 unspecified atom stereocenters. The summed E-state index contributed by atoms with van der Waals surface area (Å²) < 4.78 is 6.91. The molecule has 0 bridgehead atoms. The predicted molar refractivity (Wildman–Crippen MR) is 108 cm³/mol. The first-order valence-electron chi connectivity index (χ1n) is 8.75. The molecule has 3 fully saturated rings. The maximum atomic E-state index is 5.50. The van der Waals surface area contributed by atoms with Gasteiger partial charge in [-0.15, -0.1) is 0 Å². The summed E-state index contributed by atoms with van der Waals surface area (Å²) in [5.74, 6) is 1.70. The Morgan fingerprint density at radius 3 is 2.23 bits per heavy atom. The van der Waals surface area contributed by atoms with Crippen LogP contribution in [0.5, 0.6) is 0 Å². The average molecular weight is 533 g/mol. The van der Waals surface area contributed by atoms with Gasteiger partial charge in [0.2, 0.25) is 0 Å². The highest BCUT2D eigenvalue weighted by Crippen LogP contribution is 2.34. The van der Waals surface area contributed by atoms with Crippen LogP contribution in [-0.4, -0.2) is 81.8 Å². The summed E-state index contributed by atoms with van der Waals surface area (Å²) in [5, 5.41) is 0. The van der Waals surface area contributed by atoms with E-state index in [1.165, 1.54) is 45.6 Å². The Hall–Kier alpha value is 1.30. The number of halogens is 2. The van der Waals surface area contributed by atoms with Gasteiger partial charge in [-0.25, -0.2) is 0 Å². The minimum absolute atomic E-state index is 0.686. The minimum atomic E-state index is 0.686. The van der Waals surface area contributed by atoms with Crippen molar-refractivity contribution in [2.45, 2.75) is 27.9 Å². The molecular weight excluding hydrogens is 504 g/mol. The lowest BCUT2D eigenvalue weighted by Crippen LogP contribution is -2.45. The Balaban J connectivity index is 1.49. The summed E-state index contributed by atoms with van der Waals surface area (Å²) in [6.45, 7) is 12.8. The number of likely N-dealkylation sites (tertiary alicyclic amines) is 2. The Labute approximate surface area is 162 Å². The van der Waals surface area contributed by atoms with Gasteiger partial charge in [0.15, 0.2) is 0 Å². The zero-order valence-corrected chi connectivity index (χ0v) is 17.9. The van der Waals surface area contributed by atoms with Crippen LogP contribution in [-0.2, 0) is 4.74 Å². The van der Waals surface area contributed by atoms with Gasteiger partial charge >= 0.3 is 0 Å². The normalized spacial score (nSPS) is 35.0. The van der Waals surface area contributed by atoms with Crippen LogP contribution >= 0.6 is 45.2 Å². The van der Waals surface area contributed by atoms with Crippen molar-refractivity contribution in [3.63, 3.8) is 0 Å². The van der Waals surface area contributed by atoms with Crippen molar-refractivity contribution in [2.24, 2.45) is 11.8 Å². The molecule has 4 atom stereocenters. The summed E-state index contributed by atoms with van der Waals surface area (Å²) in [5.41, 5.74) is 0. The van der Waals surface area contributed by atoms with E-state index < -0.39 is 0 Å². The van der Waals surface area contributed by atoms with Crippen molar-refractivity contribution < 1.29 is 4.74 Å². The second-order valence-corrected chi connectivity index (χ2v) is 9.43. The van der Waals surface area contributed by atoms with Gasteiger partial charge in [-0.1, -0.05) is 52.1 Å². The molecule has 0 aliphatic carbocycles. The predicted octanol–water partition coefficient (Wildman–Crippen LogP) is 2.50. The quantitative estimate of drug-likeness (QED) is 0.308. The van der Waals surface area contributed by atoms with Crippen LogP contribution in [0.4, 0.5) is 0 Å². The fourth-order valence-corrected chi connectivity index (χ4v) is 6.30. The molecule has 6 heteroatoms. The number of alkyl halides is 2. The first-order chi connectivity index (χ1) is 10.7. The highest BCUT2D eigenvalue weighted by molar-refractivity contribution is 14.1. The molecule has 3 saturated heterocycles. The summed E-state index contributed by atoms with van der Waals surface area (Å²) in [6, 6.07) is 0. The Morgan fingerprint density at radius 2 is 1.55 bits per heavy atom. The average Bonchev–Trinajstić information content (AvgIpc) is 3.23. The van der Waals surface area contributed by atoms with Gasteiger partial charge < -0.3 is 9.64 Å². The van der Waals surface area contributed by atoms with Gasteiger partial charge in [0, 0.05) is 26.2 Å². The number of ether oxygens (including phenoxy) is 1. The van der Waals surface area contributed by atoms with Crippen molar-refractivity contribution in [3.05, 3.63) is 0 Å². The van der Waals surface area contributed by atoms with Crippen molar-refractivity contribution in [1.29, 1.82) is 0 Å². The third-order valence-electron chi connectivity index (χ3n) is 5.53. The summed E-state index contributed by atoms with van der Waals surface area (Å²) in [6.07, 6.45) is 2.76. The lowest BCUT2D eigenvalue weighted by atomic mass is 10.1. The second-order valence-electron chi connectivity index (χ2n) is 6.88. The van der Waals surface area contributed by atoms with Crippen molar-refractivity contribution in [2.75, 3.05) is 59.0 Å². The van der Waals surface area contributed by atoms with E-state index in [-0.39, 0.29) is 0 Å². The number of morpholine rings is 1. The Bertz CT molecular complexity index is 354. The highest BCUT2D eigenvalue weighted by Gasteiger charge is 2.37. The molecule has 0 aromatic heterocycles. The van der Waals surface area contributed by atoms with E-state index in [2.05, 4.69) is 66.8 Å². The van der Waals surface area contributed by atoms with Gasteiger partial charge in [-0.3, -0.25) is 9.80 Å². The van der Waals surface area contributed by atoms with E-state index in [1.807, 2.05) is 0 Å². The molecule has 0 spiro atoms. The molecule has 0 saturated carbocycles. The fourth-order valence-electron chi connectivity index (χ4n) is 4.06. The zero-order valence-electron chi connectivity index (χ0n) is 13.6.